The van der Waals surface area contributed by atoms with Gasteiger partial charge in [0, 0.05) is 17.6 Å². The zero-order chi connectivity index (χ0) is 25.6. The van der Waals surface area contributed by atoms with E-state index in [1.165, 1.54) is 4.90 Å². The Kier molecular flexibility index (Phi) is 9.53. The molecule has 2 aromatic rings. The van der Waals surface area contributed by atoms with Crippen molar-refractivity contribution in [1.29, 1.82) is 0 Å². The van der Waals surface area contributed by atoms with Crippen molar-refractivity contribution in [1.82, 2.24) is 10.2 Å². The fourth-order valence-electron chi connectivity index (χ4n) is 3.56. The molecule has 9 heteroatoms. The number of nitrogens with one attached hydrogen (secondary N) is 1. The SMILES string of the molecule is CC[C@H](C)NC(=O)[C@H](C)N(Cc1cccc(Cl)c1)C(=O)CN(c1ccc(C)cc1C)S(C)(=O)=O. The van der Waals surface area contributed by atoms with Crippen LogP contribution in [0.4, 0.5) is 5.69 Å². The van der Waals surface area contributed by atoms with Crippen LogP contribution in [-0.2, 0) is 26.2 Å². The lowest BCUT2D eigenvalue weighted by Gasteiger charge is -2.32. The lowest BCUT2D eigenvalue weighted by atomic mass is 10.1. The third-order valence-electron chi connectivity index (χ3n) is 5.71. The van der Waals surface area contributed by atoms with Crippen molar-refractivity contribution in [3.63, 3.8) is 0 Å². The van der Waals surface area contributed by atoms with Crippen molar-refractivity contribution in [3.05, 3.63) is 64.2 Å². The molecule has 7 nitrogen and oxygen atoms in total. The summed E-state index contributed by atoms with van der Waals surface area (Å²) in [5, 5.41) is 3.41. The predicted octanol–water partition coefficient (Wildman–Crippen LogP) is 4.05. The molecule has 0 radical (unpaired) electrons. The largest absolute Gasteiger partial charge is 0.352 e. The molecular formula is C25H34ClN3O4S. The van der Waals surface area contributed by atoms with E-state index in [2.05, 4.69) is 5.32 Å². The number of nitrogens with zero attached hydrogens (tertiary/aromatic N) is 2. The van der Waals surface area contributed by atoms with Crippen LogP contribution in [0.2, 0.25) is 5.02 Å². The van der Waals surface area contributed by atoms with Gasteiger partial charge in [0.25, 0.3) is 0 Å². The quantitative estimate of drug-likeness (QED) is 0.525. The van der Waals surface area contributed by atoms with Gasteiger partial charge in [-0.05, 0) is 63.4 Å². The summed E-state index contributed by atoms with van der Waals surface area (Å²) in [7, 11) is -3.77. The van der Waals surface area contributed by atoms with Crippen LogP contribution >= 0.6 is 11.6 Å². The van der Waals surface area contributed by atoms with Gasteiger partial charge in [-0.1, -0.05) is 48.4 Å². The lowest BCUT2D eigenvalue weighted by Crippen LogP contribution is -2.52. The number of sulfonamides is 1. The van der Waals surface area contributed by atoms with E-state index in [4.69, 9.17) is 11.6 Å². The normalized spacial score (nSPS) is 13.1. The van der Waals surface area contributed by atoms with Crippen LogP contribution in [0.3, 0.4) is 0 Å². The molecule has 0 saturated carbocycles. The minimum atomic E-state index is -3.77. The summed E-state index contributed by atoms with van der Waals surface area (Å²) in [6.07, 6.45) is 1.81. The average Bonchev–Trinajstić information content (AvgIpc) is 2.74. The van der Waals surface area contributed by atoms with E-state index in [0.717, 1.165) is 33.7 Å². The Labute approximate surface area is 208 Å². The molecule has 186 valence electrons. The summed E-state index contributed by atoms with van der Waals surface area (Å²) in [5.41, 5.74) is 2.89. The van der Waals surface area contributed by atoms with Crippen LogP contribution in [0.25, 0.3) is 0 Å². The third kappa shape index (κ3) is 7.46. The molecule has 0 saturated heterocycles. The molecule has 0 unspecified atom stereocenters. The Bertz CT molecular complexity index is 1140. The number of hydrogen-bond donors (Lipinski definition) is 1. The van der Waals surface area contributed by atoms with Gasteiger partial charge in [-0.25, -0.2) is 8.42 Å². The van der Waals surface area contributed by atoms with Gasteiger partial charge in [-0.3, -0.25) is 13.9 Å². The maximum atomic E-state index is 13.5. The maximum Gasteiger partial charge on any atom is 0.244 e. The van der Waals surface area contributed by atoms with Crippen LogP contribution in [0.1, 0.15) is 43.9 Å². The fourth-order valence-corrected chi connectivity index (χ4v) is 4.68. The summed E-state index contributed by atoms with van der Waals surface area (Å²) >= 11 is 6.12. The second-order valence-electron chi connectivity index (χ2n) is 8.70. The molecule has 0 fully saturated rings. The Hall–Kier alpha value is -2.58. The Balaban J connectivity index is 2.42. The average molecular weight is 508 g/mol. The number of rotatable bonds is 10. The van der Waals surface area contributed by atoms with Gasteiger partial charge in [0.15, 0.2) is 0 Å². The highest BCUT2D eigenvalue weighted by atomic mass is 35.5. The fraction of sp³-hybridized carbons (Fsp3) is 0.440. The molecule has 0 aliphatic rings. The number of aryl methyl sites for hydroxylation is 2. The highest BCUT2D eigenvalue weighted by Crippen LogP contribution is 2.24. The first-order valence-electron chi connectivity index (χ1n) is 11.2. The lowest BCUT2D eigenvalue weighted by molar-refractivity contribution is -0.139. The van der Waals surface area contributed by atoms with E-state index < -0.39 is 28.5 Å². The number of anilines is 1. The van der Waals surface area contributed by atoms with Gasteiger partial charge in [-0.2, -0.15) is 0 Å². The highest BCUT2D eigenvalue weighted by Gasteiger charge is 2.31. The molecular weight excluding hydrogens is 474 g/mol. The molecule has 0 aliphatic heterocycles. The number of carbonyl (C=O) groups excluding carboxylic acids is 2. The van der Waals surface area contributed by atoms with Crippen molar-refractivity contribution < 1.29 is 18.0 Å². The summed E-state index contributed by atoms with van der Waals surface area (Å²) in [5.74, 6) is -0.792. The molecule has 2 atom stereocenters. The van der Waals surface area contributed by atoms with Crippen molar-refractivity contribution >= 4 is 39.1 Å². The Morgan fingerprint density at radius 3 is 2.32 bits per heavy atom. The van der Waals surface area contributed by atoms with Crippen molar-refractivity contribution in [2.24, 2.45) is 0 Å². The van der Waals surface area contributed by atoms with Gasteiger partial charge in [0.2, 0.25) is 21.8 Å². The zero-order valence-electron chi connectivity index (χ0n) is 20.6. The van der Waals surface area contributed by atoms with E-state index in [1.807, 2.05) is 32.9 Å². The first-order chi connectivity index (χ1) is 15.8. The summed E-state index contributed by atoms with van der Waals surface area (Å²) < 4.78 is 26.4. The second kappa shape index (κ2) is 11.7. The van der Waals surface area contributed by atoms with Gasteiger partial charge in [0.05, 0.1) is 11.9 Å². The first kappa shape index (κ1) is 27.7. The molecule has 2 amide bonds. The van der Waals surface area contributed by atoms with Crippen molar-refractivity contribution in [2.75, 3.05) is 17.1 Å². The van der Waals surface area contributed by atoms with E-state index in [1.54, 1.807) is 44.2 Å². The van der Waals surface area contributed by atoms with E-state index in [-0.39, 0.29) is 18.5 Å². The molecule has 0 heterocycles. The third-order valence-corrected chi connectivity index (χ3v) is 7.07. The van der Waals surface area contributed by atoms with Gasteiger partial charge < -0.3 is 10.2 Å². The number of hydrogen-bond acceptors (Lipinski definition) is 4. The number of halogens is 1. The van der Waals surface area contributed by atoms with Crippen LogP contribution in [0, 0.1) is 13.8 Å². The molecule has 0 aromatic heterocycles. The summed E-state index contributed by atoms with van der Waals surface area (Å²) in [4.78, 5) is 27.8. The minimum Gasteiger partial charge on any atom is -0.352 e. The van der Waals surface area contributed by atoms with Gasteiger partial charge in [0.1, 0.15) is 12.6 Å². The topological polar surface area (TPSA) is 86.8 Å². The minimum absolute atomic E-state index is 0.0548. The molecule has 1 N–H and O–H groups in total. The standard InChI is InChI=1S/C25H34ClN3O4S/c1-7-19(4)27-25(31)20(5)28(15-21-9-8-10-22(26)14-21)24(30)16-29(34(6,32)33)23-12-11-17(2)13-18(23)3/h8-14,19-20H,7,15-16H2,1-6H3,(H,27,31)/t19-,20-/m0/s1. The van der Waals surface area contributed by atoms with E-state index in [0.29, 0.717) is 10.7 Å². The molecule has 34 heavy (non-hydrogen) atoms. The Morgan fingerprint density at radius 2 is 1.76 bits per heavy atom. The second-order valence-corrected chi connectivity index (χ2v) is 11.0. The summed E-state index contributed by atoms with van der Waals surface area (Å²) in [6.45, 7) is 8.89. The number of amides is 2. The van der Waals surface area contributed by atoms with Crippen LogP contribution in [0.15, 0.2) is 42.5 Å². The predicted molar refractivity (Wildman–Crippen MR) is 137 cm³/mol. The van der Waals surface area contributed by atoms with Gasteiger partial charge in [-0.15, -0.1) is 0 Å². The number of benzene rings is 2. The summed E-state index contributed by atoms with van der Waals surface area (Å²) in [6, 6.07) is 11.5. The monoisotopic (exact) mass is 507 g/mol. The van der Waals surface area contributed by atoms with Crippen molar-refractivity contribution in [2.45, 2.75) is 59.7 Å². The highest BCUT2D eigenvalue weighted by molar-refractivity contribution is 7.92. The zero-order valence-corrected chi connectivity index (χ0v) is 22.2. The van der Waals surface area contributed by atoms with E-state index in [9.17, 15) is 18.0 Å². The van der Waals surface area contributed by atoms with Crippen LogP contribution in [-0.4, -0.2) is 50.0 Å². The number of carbonyl (C=O) groups is 2. The molecule has 2 rings (SSSR count). The van der Waals surface area contributed by atoms with Crippen LogP contribution in [0.5, 0.6) is 0 Å². The molecule has 0 bridgehead atoms. The molecule has 2 aromatic carbocycles. The smallest absolute Gasteiger partial charge is 0.244 e. The van der Waals surface area contributed by atoms with Crippen LogP contribution < -0.4 is 9.62 Å². The van der Waals surface area contributed by atoms with Crippen molar-refractivity contribution in [3.8, 4) is 0 Å². The maximum absolute atomic E-state index is 13.5. The molecule has 0 spiro atoms. The van der Waals surface area contributed by atoms with E-state index >= 15 is 0 Å². The molecule has 0 aliphatic carbocycles. The van der Waals surface area contributed by atoms with Gasteiger partial charge >= 0.3 is 0 Å². The Morgan fingerprint density at radius 1 is 1.09 bits per heavy atom. The first-order valence-corrected chi connectivity index (χ1v) is 13.4.